The molecule has 1 atom stereocenters. The minimum absolute atomic E-state index is 0.235. The fourth-order valence-corrected chi connectivity index (χ4v) is 2.46. The van der Waals surface area contributed by atoms with Crippen LogP contribution in [0.15, 0.2) is 12.1 Å². The van der Waals surface area contributed by atoms with E-state index in [-0.39, 0.29) is 6.10 Å². The van der Waals surface area contributed by atoms with Gasteiger partial charge in [0.1, 0.15) is 6.61 Å². The fourth-order valence-electron chi connectivity index (χ4n) is 2.46. The third kappa shape index (κ3) is 5.64. The van der Waals surface area contributed by atoms with Crippen LogP contribution in [0.1, 0.15) is 51.3 Å². The Bertz CT molecular complexity index is 429. The van der Waals surface area contributed by atoms with Gasteiger partial charge in [-0.15, -0.1) is 0 Å². The molecule has 118 valence electrons. The Morgan fingerprint density at radius 3 is 2.95 bits per heavy atom. The summed E-state index contributed by atoms with van der Waals surface area (Å²) in [5, 5.41) is 3.45. The maximum Gasteiger partial charge on any atom is 0.213 e. The number of nitrogens with one attached hydrogen (secondary N) is 1. The van der Waals surface area contributed by atoms with E-state index in [0.29, 0.717) is 12.6 Å². The fraction of sp³-hybridized carbons (Fsp3) is 0.706. The number of nitrogens with zero attached hydrogens (tertiary/aromatic N) is 1. The molecule has 4 heteroatoms. The van der Waals surface area contributed by atoms with Crippen molar-refractivity contribution in [1.82, 2.24) is 10.3 Å². The molecule has 1 aliphatic rings. The number of rotatable bonds is 8. The molecule has 0 bridgehead atoms. The van der Waals surface area contributed by atoms with Crippen LogP contribution >= 0.6 is 0 Å². The van der Waals surface area contributed by atoms with Gasteiger partial charge in [0.05, 0.1) is 6.10 Å². The lowest BCUT2D eigenvalue weighted by molar-refractivity contribution is 0.0662. The van der Waals surface area contributed by atoms with Gasteiger partial charge < -0.3 is 14.8 Å². The van der Waals surface area contributed by atoms with Crippen molar-refractivity contribution in [3.05, 3.63) is 23.4 Å². The third-order valence-electron chi connectivity index (χ3n) is 3.58. The average Bonchev–Trinajstić information content (AvgIpc) is 2.96. The first-order chi connectivity index (χ1) is 10.2. The van der Waals surface area contributed by atoms with Crippen molar-refractivity contribution in [3.8, 4) is 5.88 Å². The van der Waals surface area contributed by atoms with Crippen molar-refractivity contribution in [3.63, 3.8) is 0 Å². The molecule has 1 aromatic rings. The molecule has 1 N–H and O–H groups in total. The first kappa shape index (κ1) is 16.2. The molecule has 2 rings (SSSR count). The lowest BCUT2D eigenvalue weighted by Crippen LogP contribution is -2.22. The lowest BCUT2D eigenvalue weighted by Gasteiger charge is -2.14. The van der Waals surface area contributed by atoms with Crippen LogP contribution < -0.4 is 10.1 Å². The Balaban J connectivity index is 1.99. The van der Waals surface area contributed by atoms with Gasteiger partial charge >= 0.3 is 0 Å². The van der Waals surface area contributed by atoms with Crippen molar-refractivity contribution in [2.45, 2.75) is 65.1 Å². The van der Waals surface area contributed by atoms with E-state index in [1.54, 1.807) is 0 Å². The smallest absolute Gasteiger partial charge is 0.213 e. The first-order valence-electron chi connectivity index (χ1n) is 8.15. The zero-order chi connectivity index (χ0) is 15.1. The second-order valence-electron chi connectivity index (χ2n) is 6.04. The van der Waals surface area contributed by atoms with Crippen molar-refractivity contribution in [2.24, 2.45) is 0 Å². The second kappa shape index (κ2) is 8.35. The van der Waals surface area contributed by atoms with Gasteiger partial charge in [0.25, 0.3) is 0 Å². The van der Waals surface area contributed by atoms with Gasteiger partial charge in [0.2, 0.25) is 5.88 Å². The van der Waals surface area contributed by atoms with Gasteiger partial charge in [-0.3, -0.25) is 0 Å². The van der Waals surface area contributed by atoms with Gasteiger partial charge in [-0.25, -0.2) is 4.98 Å². The highest BCUT2D eigenvalue weighted by molar-refractivity contribution is 5.25. The second-order valence-corrected chi connectivity index (χ2v) is 6.04. The Morgan fingerprint density at radius 2 is 2.29 bits per heavy atom. The van der Waals surface area contributed by atoms with E-state index < -0.39 is 0 Å². The van der Waals surface area contributed by atoms with Crippen molar-refractivity contribution in [1.29, 1.82) is 0 Å². The molecule has 1 aromatic heterocycles. The van der Waals surface area contributed by atoms with E-state index in [1.165, 1.54) is 5.56 Å². The molecule has 0 amide bonds. The monoisotopic (exact) mass is 292 g/mol. The van der Waals surface area contributed by atoms with Crippen molar-refractivity contribution in [2.75, 3.05) is 13.2 Å². The molecule has 0 spiro atoms. The predicted octanol–water partition coefficient (Wildman–Crippen LogP) is 3.09. The standard InChI is InChI=1S/C17H28N2O2/c1-4-6-15-9-14(11-18-13(2)3)10-17(19-15)21-12-16-7-5-8-20-16/h9-10,13,16,18H,4-8,11-12H2,1-3H3. The lowest BCUT2D eigenvalue weighted by atomic mass is 10.1. The van der Waals surface area contributed by atoms with Crippen molar-refractivity contribution < 1.29 is 9.47 Å². The molecule has 21 heavy (non-hydrogen) atoms. The van der Waals surface area contributed by atoms with Gasteiger partial charge in [-0.2, -0.15) is 0 Å². The summed E-state index contributed by atoms with van der Waals surface area (Å²) in [6.07, 6.45) is 4.56. The number of hydrogen-bond donors (Lipinski definition) is 1. The molecule has 0 radical (unpaired) electrons. The summed E-state index contributed by atoms with van der Waals surface area (Å²) in [5.41, 5.74) is 2.35. The van der Waals surface area contributed by atoms with Gasteiger partial charge in [-0.1, -0.05) is 27.2 Å². The van der Waals surface area contributed by atoms with Crippen LogP contribution in [0.2, 0.25) is 0 Å². The minimum Gasteiger partial charge on any atom is -0.475 e. The third-order valence-corrected chi connectivity index (χ3v) is 3.58. The Labute approximate surface area is 128 Å². The van der Waals surface area contributed by atoms with Gasteiger partial charge in [0, 0.05) is 31.0 Å². The number of ether oxygens (including phenoxy) is 2. The predicted molar refractivity (Wildman–Crippen MR) is 84.7 cm³/mol. The maximum atomic E-state index is 5.86. The summed E-state index contributed by atoms with van der Waals surface area (Å²) in [7, 11) is 0. The zero-order valence-corrected chi connectivity index (χ0v) is 13.5. The van der Waals surface area contributed by atoms with E-state index in [9.17, 15) is 0 Å². The van der Waals surface area contributed by atoms with E-state index in [4.69, 9.17) is 9.47 Å². The summed E-state index contributed by atoms with van der Waals surface area (Å²) in [4.78, 5) is 4.61. The highest BCUT2D eigenvalue weighted by Gasteiger charge is 2.16. The molecular weight excluding hydrogens is 264 g/mol. The number of pyridine rings is 1. The van der Waals surface area contributed by atoms with Crippen LogP contribution in [0.25, 0.3) is 0 Å². The average molecular weight is 292 g/mol. The highest BCUT2D eigenvalue weighted by atomic mass is 16.5. The molecular formula is C17H28N2O2. The summed E-state index contributed by atoms with van der Waals surface area (Å²) < 4.78 is 11.5. The minimum atomic E-state index is 0.235. The molecule has 1 saturated heterocycles. The van der Waals surface area contributed by atoms with Crippen molar-refractivity contribution >= 4 is 0 Å². The molecule has 4 nitrogen and oxygen atoms in total. The topological polar surface area (TPSA) is 43.4 Å². The van der Waals surface area contributed by atoms with Crippen LogP contribution in [-0.2, 0) is 17.7 Å². The zero-order valence-electron chi connectivity index (χ0n) is 13.5. The molecule has 0 aliphatic carbocycles. The number of aromatic nitrogens is 1. The van der Waals surface area contributed by atoms with Crippen LogP contribution in [0.5, 0.6) is 5.88 Å². The summed E-state index contributed by atoms with van der Waals surface area (Å²) in [6, 6.07) is 4.70. The quantitative estimate of drug-likeness (QED) is 0.799. The van der Waals surface area contributed by atoms with Crippen LogP contribution in [0, 0.1) is 0 Å². The molecule has 2 heterocycles. The Morgan fingerprint density at radius 1 is 1.43 bits per heavy atom. The van der Waals surface area contributed by atoms with Crippen LogP contribution in [0.3, 0.4) is 0 Å². The van der Waals surface area contributed by atoms with E-state index in [0.717, 1.165) is 50.4 Å². The SMILES string of the molecule is CCCc1cc(CNC(C)C)cc(OCC2CCCO2)n1. The Kier molecular flexibility index (Phi) is 6.46. The molecule has 1 aliphatic heterocycles. The molecule has 1 fully saturated rings. The maximum absolute atomic E-state index is 5.86. The van der Waals surface area contributed by atoms with Gasteiger partial charge in [-0.05, 0) is 30.9 Å². The largest absolute Gasteiger partial charge is 0.475 e. The molecule has 1 unspecified atom stereocenters. The highest BCUT2D eigenvalue weighted by Crippen LogP contribution is 2.17. The van der Waals surface area contributed by atoms with E-state index in [2.05, 4.69) is 37.1 Å². The normalized spacial score (nSPS) is 18.4. The Hall–Kier alpha value is -1.13. The number of hydrogen-bond acceptors (Lipinski definition) is 4. The molecule has 0 aromatic carbocycles. The van der Waals surface area contributed by atoms with E-state index >= 15 is 0 Å². The van der Waals surface area contributed by atoms with Gasteiger partial charge in [0.15, 0.2) is 0 Å². The summed E-state index contributed by atoms with van der Waals surface area (Å²) in [6.45, 7) is 8.81. The first-order valence-corrected chi connectivity index (χ1v) is 8.15. The van der Waals surface area contributed by atoms with E-state index in [1.807, 2.05) is 6.07 Å². The summed E-state index contributed by atoms with van der Waals surface area (Å²) >= 11 is 0. The summed E-state index contributed by atoms with van der Waals surface area (Å²) in [5.74, 6) is 0.733. The van der Waals surface area contributed by atoms with Crippen LogP contribution in [-0.4, -0.2) is 30.3 Å². The number of aryl methyl sites for hydroxylation is 1. The van der Waals surface area contributed by atoms with Crippen LogP contribution in [0.4, 0.5) is 0 Å². The molecule has 0 saturated carbocycles.